The summed E-state index contributed by atoms with van der Waals surface area (Å²) in [5.74, 6) is -0.254. The third kappa shape index (κ3) is 11.8. The monoisotopic (exact) mass is 602 g/mol. The molecule has 8 heteroatoms. The van der Waals surface area contributed by atoms with Crippen molar-refractivity contribution < 1.29 is 30.3 Å². The lowest BCUT2D eigenvalue weighted by atomic mass is 9.81. The summed E-state index contributed by atoms with van der Waals surface area (Å²) in [6.45, 7) is 2.32. The molecule has 1 fully saturated rings. The number of hydrogen-bond acceptors (Lipinski definition) is 7. The van der Waals surface area contributed by atoms with Crippen LogP contribution >= 0.6 is 0 Å². The minimum absolute atomic E-state index is 0.111. The highest BCUT2D eigenvalue weighted by molar-refractivity contribution is 5.70. The molecule has 0 bridgehead atoms. The molecule has 8 nitrogen and oxygen atoms in total. The summed E-state index contributed by atoms with van der Waals surface area (Å²) in [7, 11) is 0. The highest BCUT2D eigenvalue weighted by Crippen LogP contribution is 2.46. The molecule has 1 saturated carbocycles. The van der Waals surface area contributed by atoms with Crippen LogP contribution in [0.3, 0.4) is 0 Å². The number of aliphatic hydroxyl groups is 4. The number of carboxylic acid groups (broad SMARTS) is 1. The van der Waals surface area contributed by atoms with Crippen LogP contribution in [0.2, 0.25) is 0 Å². The highest BCUT2D eigenvalue weighted by atomic mass is 16.4. The number of nitrogen functional groups attached to an aromatic ring is 1. The zero-order chi connectivity index (χ0) is 31.2. The highest BCUT2D eigenvalue weighted by Gasteiger charge is 2.44. The van der Waals surface area contributed by atoms with Gasteiger partial charge in [0, 0.05) is 18.7 Å². The number of aromatic nitrogens is 1. The fourth-order valence-electron chi connectivity index (χ4n) is 7.62. The fourth-order valence-corrected chi connectivity index (χ4v) is 7.62. The molecule has 2 aliphatic carbocycles. The molecule has 8 atom stereocenters. The van der Waals surface area contributed by atoms with Gasteiger partial charge < -0.3 is 31.3 Å². The Balaban J connectivity index is 1.43. The van der Waals surface area contributed by atoms with E-state index in [0.717, 1.165) is 50.5 Å². The standard InChI is InChI=1S/C35H58N2O6/c1-2-3-5-9-25-13-14-27(32(40)21-25)10-6-4-7-12-30(34(41)42)31(39)15-17-35(43)23-28(11-8-19-38)29(24-35)20-26-16-18-37-33(36)22-26/h13-14,16,18,22,25,27-32,38-40,43H,2-12,15,17,19-21,23-24H2,1H3,(H2,36,37)(H,41,42)/t25-,27-,28-,29-,30+,31-,32-,35+/m1/s1. The molecule has 1 aromatic heterocycles. The molecule has 1 aromatic rings. The number of unbranched alkanes of at least 4 members (excludes halogenated alkanes) is 4. The van der Waals surface area contributed by atoms with Gasteiger partial charge in [-0.15, -0.1) is 0 Å². The summed E-state index contributed by atoms with van der Waals surface area (Å²) in [5.41, 5.74) is 5.98. The number of nitrogens with zero attached hydrogens (tertiary/aromatic N) is 1. The number of pyridine rings is 1. The average Bonchev–Trinajstić information content (AvgIpc) is 3.28. The van der Waals surface area contributed by atoms with Gasteiger partial charge in [-0.2, -0.15) is 0 Å². The average molecular weight is 603 g/mol. The van der Waals surface area contributed by atoms with Gasteiger partial charge in [0.2, 0.25) is 0 Å². The van der Waals surface area contributed by atoms with Gasteiger partial charge in [0.15, 0.2) is 0 Å². The Labute approximate surface area is 258 Å². The first-order valence-corrected chi connectivity index (χ1v) is 16.9. The maximum atomic E-state index is 12.0. The molecule has 0 saturated heterocycles. The van der Waals surface area contributed by atoms with E-state index < -0.39 is 23.6 Å². The van der Waals surface area contributed by atoms with Crippen LogP contribution in [0.5, 0.6) is 0 Å². The van der Waals surface area contributed by atoms with Crippen molar-refractivity contribution in [2.24, 2.45) is 29.6 Å². The number of rotatable bonds is 20. The third-order valence-corrected chi connectivity index (χ3v) is 10.1. The van der Waals surface area contributed by atoms with Gasteiger partial charge in [-0.25, -0.2) is 4.98 Å². The van der Waals surface area contributed by atoms with Crippen LogP contribution < -0.4 is 5.73 Å². The Morgan fingerprint density at radius 2 is 1.81 bits per heavy atom. The van der Waals surface area contributed by atoms with E-state index in [1.54, 1.807) is 6.20 Å². The Hall–Kier alpha value is -2.00. The van der Waals surface area contributed by atoms with Crippen molar-refractivity contribution in [2.75, 3.05) is 12.3 Å². The van der Waals surface area contributed by atoms with E-state index in [9.17, 15) is 30.3 Å². The third-order valence-electron chi connectivity index (χ3n) is 10.1. The first-order chi connectivity index (χ1) is 20.6. The summed E-state index contributed by atoms with van der Waals surface area (Å²) in [4.78, 5) is 16.1. The number of anilines is 1. The molecule has 0 spiro atoms. The Morgan fingerprint density at radius 3 is 2.51 bits per heavy atom. The van der Waals surface area contributed by atoms with Gasteiger partial charge in [0.05, 0.1) is 23.7 Å². The maximum absolute atomic E-state index is 12.0. The molecule has 244 valence electrons. The normalized spacial score (nSPS) is 28.6. The Morgan fingerprint density at radius 1 is 1.05 bits per heavy atom. The van der Waals surface area contributed by atoms with Crippen LogP contribution in [0.1, 0.15) is 115 Å². The van der Waals surface area contributed by atoms with E-state index in [-0.39, 0.29) is 36.9 Å². The first kappa shape index (κ1) is 35.5. The molecular formula is C35H58N2O6. The molecule has 0 radical (unpaired) electrons. The summed E-state index contributed by atoms with van der Waals surface area (Å²) < 4.78 is 0. The predicted molar refractivity (Wildman–Crippen MR) is 170 cm³/mol. The van der Waals surface area contributed by atoms with Gasteiger partial charge in [-0.3, -0.25) is 4.79 Å². The first-order valence-electron chi connectivity index (χ1n) is 16.9. The van der Waals surface area contributed by atoms with Crippen LogP contribution in [0.15, 0.2) is 30.5 Å². The molecule has 3 rings (SSSR count). The molecule has 7 N–H and O–H groups in total. The van der Waals surface area contributed by atoms with Crippen LogP contribution in [0.25, 0.3) is 0 Å². The number of allylic oxidation sites excluding steroid dienone is 1. The predicted octanol–water partition coefficient (Wildman–Crippen LogP) is 5.66. The number of nitrogens with two attached hydrogens (primary N) is 1. The van der Waals surface area contributed by atoms with Crippen LogP contribution in [-0.2, 0) is 11.2 Å². The molecule has 0 amide bonds. The largest absolute Gasteiger partial charge is 0.481 e. The molecule has 0 aromatic carbocycles. The van der Waals surface area contributed by atoms with Crippen molar-refractivity contribution in [1.29, 1.82) is 0 Å². The maximum Gasteiger partial charge on any atom is 0.309 e. The topological polar surface area (TPSA) is 157 Å². The van der Waals surface area contributed by atoms with E-state index in [4.69, 9.17) is 5.73 Å². The van der Waals surface area contributed by atoms with Crippen molar-refractivity contribution in [2.45, 2.75) is 134 Å². The smallest absolute Gasteiger partial charge is 0.309 e. The molecule has 43 heavy (non-hydrogen) atoms. The van der Waals surface area contributed by atoms with E-state index in [1.807, 2.05) is 12.1 Å². The van der Waals surface area contributed by atoms with Crippen LogP contribution in [0, 0.1) is 29.6 Å². The summed E-state index contributed by atoms with van der Waals surface area (Å²) in [5, 5.41) is 52.3. The quantitative estimate of drug-likeness (QED) is 0.0824. The number of carboxylic acids is 1. The lowest BCUT2D eigenvalue weighted by Crippen LogP contribution is -2.32. The summed E-state index contributed by atoms with van der Waals surface area (Å²) >= 11 is 0. The van der Waals surface area contributed by atoms with Crippen molar-refractivity contribution in [1.82, 2.24) is 4.98 Å². The second kappa shape index (κ2) is 18.1. The number of aliphatic hydroxyl groups excluding tert-OH is 3. The zero-order valence-electron chi connectivity index (χ0n) is 26.3. The number of aliphatic carboxylic acids is 1. The van der Waals surface area contributed by atoms with Gasteiger partial charge >= 0.3 is 5.97 Å². The van der Waals surface area contributed by atoms with Crippen molar-refractivity contribution >= 4 is 11.8 Å². The van der Waals surface area contributed by atoms with Gasteiger partial charge in [0.25, 0.3) is 0 Å². The summed E-state index contributed by atoms with van der Waals surface area (Å²) in [6.07, 6.45) is 18.3. The Bertz CT molecular complexity index is 989. The lowest BCUT2D eigenvalue weighted by molar-refractivity contribution is -0.146. The van der Waals surface area contributed by atoms with E-state index in [0.29, 0.717) is 50.3 Å². The van der Waals surface area contributed by atoms with E-state index >= 15 is 0 Å². The van der Waals surface area contributed by atoms with Crippen molar-refractivity contribution in [3.05, 3.63) is 36.0 Å². The molecule has 0 aliphatic heterocycles. The number of hydrogen-bond donors (Lipinski definition) is 6. The minimum atomic E-state index is -1.01. The second-order valence-corrected chi connectivity index (χ2v) is 13.6. The van der Waals surface area contributed by atoms with E-state index in [2.05, 4.69) is 24.1 Å². The molecule has 1 heterocycles. The SMILES string of the molecule is CCCCC[C@@H]1C=C[C@@H](CCCCC[C@H](C(=O)O)[C@H](O)CC[C@]2(O)C[C@@H](CCCO)[C@H](Cc3ccnc(N)c3)C2)[C@H](O)C1. The minimum Gasteiger partial charge on any atom is -0.481 e. The Kier molecular flexibility index (Phi) is 14.9. The second-order valence-electron chi connectivity index (χ2n) is 13.6. The van der Waals surface area contributed by atoms with Gasteiger partial charge in [-0.1, -0.05) is 57.6 Å². The zero-order valence-corrected chi connectivity index (χ0v) is 26.3. The molecule has 2 aliphatic rings. The van der Waals surface area contributed by atoms with Crippen LogP contribution in [-0.4, -0.2) is 60.9 Å². The van der Waals surface area contributed by atoms with Gasteiger partial charge in [-0.05, 0) is 106 Å². The van der Waals surface area contributed by atoms with Crippen molar-refractivity contribution in [3.63, 3.8) is 0 Å². The van der Waals surface area contributed by atoms with Crippen molar-refractivity contribution in [3.8, 4) is 0 Å². The summed E-state index contributed by atoms with van der Waals surface area (Å²) in [6, 6.07) is 3.80. The van der Waals surface area contributed by atoms with Crippen LogP contribution in [0.4, 0.5) is 5.82 Å². The molecule has 0 unspecified atom stereocenters. The number of carbonyl (C=O) groups is 1. The fraction of sp³-hybridized carbons (Fsp3) is 0.771. The van der Waals surface area contributed by atoms with E-state index in [1.165, 1.54) is 19.3 Å². The lowest BCUT2D eigenvalue weighted by Gasteiger charge is -2.28. The van der Waals surface area contributed by atoms with Gasteiger partial charge in [0.1, 0.15) is 5.82 Å². The molecular weight excluding hydrogens is 544 g/mol.